The second-order valence-corrected chi connectivity index (χ2v) is 6.79. The number of hydrogen-bond acceptors (Lipinski definition) is 7. The van der Waals surface area contributed by atoms with Gasteiger partial charge in [-0.3, -0.25) is 0 Å². The van der Waals surface area contributed by atoms with E-state index in [1.807, 2.05) is 0 Å². The van der Waals surface area contributed by atoms with E-state index >= 15 is 0 Å². The summed E-state index contributed by atoms with van der Waals surface area (Å²) >= 11 is 0.746. The lowest BCUT2D eigenvalue weighted by molar-refractivity contribution is 0.213. The summed E-state index contributed by atoms with van der Waals surface area (Å²) < 4.78 is 13.7. The smallest absolute Gasteiger partial charge is 0.189 e. The van der Waals surface area contributed by atoms with E-state index in [9.17, 15) is 4.89 Å². The van der Waals surface area contributed by atoms with E-state index < -0.39 is 16.1 Å². The topological polar surface area (TPSA) is 88.4 Å². The van der Waals surface area contributed by atoms with Gasteiger partial charge in [-0.05, 0) is 6.92 Å². The summed E-state index contributed by atoms with van der Waals surface area (Å²) in [5.74, 6) is 0. The first kappa shape index (κ1) is 14.0. The number of rotatable bonds is 6. The van der Waals surface area contributed by atoms with Gasteiger partial charge in [0.2, 0.25) is 0 Å². The van der Waals surface area contributed by atoms with Gasteiger partial charge in [0.25, 0.3) is 0 Å². The van der Waals surface area contributed by atoms with Gasteiger partial charge in [0, 0.05) is 18.3 Å². The predicted molar refractivity (Wildman–Crippen MR) is 53.7 cm³/mol. The second-order valence-electron chi connectivity index (χ2n) is 1.95. The molecule has 0 saturated carbocycles. The molecule has 1 atom stereocenters. The van der Waals surface area contributed by atoms with Crippen molar-refractivity contribution in [1.29, 1.82) is 0 Å². The Bertz CT molecular complexity index is 152. The van der Waals surface area contributed by atoms with Crippen LogP contribution in [0, 0.1) is 0 Å². The zero-order valence-corrected chi connectivity index (χ0v) is 10.2. The summed E-state index contributed by atoms with van der Waals surface area (Å²) in [6.07, 6.45) is 1.66. The van der Waals surface area contributed by atoms with Crippen LogP contribution in [0.3, 0.4) is 0 Å². The highest BCUT2D eigenvalue weighted by molar-refractivity contribution is 7.98. The molecule has 0 aliphatic heterocycles. The highest BCUT2D eigenvalue weighted by Crippen LogP contribution is 2.72. The summed E-state index contributed by atoms with van der Waals surface area (Å²) in [7, 11) is -5.90. The zero-order valence-electron chi connectivity index (χ0n) is 7.58. The Labute approximate surface area is 82.7 Å². The van der Waals surface area contributed by atoms with Gasteiger partial charge in [0.1, 0.15) is 6.16 Å². The van der Waals surface area contributed by atoms with Crippen LogP contribution < -0.4 is 0 Å². The summed E-state index contributed by atoms with van der Waals surface area (Å²) in [4.78, 5) is 27.7. The van der Waals surface area contributed by atoms with E-state index in [1.54, 1.807) is 6.92 Å². The van der Waals surface area contributed by atoms with Crippen LogP contribution in [-0.2, 0) is 12.8 Å². The van der Waals surface area contributed by atoms with E-state index in [0.717, 1.165) is 12.0 Å². The molecule has 0 aromatic carbocycles. The first-order valence-corrected chi connectivity index (χ1v) is 7.78. The normalized spacial score (nSPS) is 17.1. The zero-order chi connectivity index (χ0) is 10.5. The Kier molecular flexibility index (Phi) is 6.18. The summed E-state index contributed by atoms with van der Waals surface area (Å²) in [6.45, 7) is 1.61. The molecule has 6 nitrogen and oxygen atoms in total. The lowest BCUT2D eigenvalue weighted by Crippen LogP contribution is -2.05. The minimum Gasteiger partial charge on any atom is -0.189 e. The lowest BCUT2D eigenvalue weighted by atomic mass is 11.0. The molecule has 0 rings (SSSR count). The molecule has 0 radical (unpaired) electrons. The van der Waals surface area contributed by atoms with E-state index in [-0.39, 0.29) is 6.16 Å². The number of hydrogen-bond donors (Lipinski definition) is 3. The molecule has 0 aliphatic carbocycles. The maximum absolute atomic E-state index is 9.48. The monoisotopic (exact) mass is 252 g/mol. The van der Waals surface area contributed by atoms with Crippen molar-refractivity contribution in [3.63, 3.8) is 0 Å². The maximum Gasteiger partial charge on any atom is 0.627 e. The third-order valence-electron chi connectivity index (χ3n) is 1.09. The van der Waals surface area contributed by atoms with Crippen molar-refractivity contribution in [2.75, 3.05) is 19.5 Å². The van der Waals surface area contributed by atoms with Crippen LogP contribution in [0.4, 0.5) is 0 Å². The minimum absolute atomic E-state index is 0.157. The molecule has 0 saturated heterocycles. The van der Waals surface area contributed by atoms with Crippen molar-refractivity contribution in [3.05, 3.63) is 0 Å². The van der Waals surface area contributed by atoms with Gasteiger partial charge in [-0.1, -0.05) is 3.97 Å². The molecule has 3 N–H and O–H groups in total. The van der Waals surface area contributed by atoms with E-state index in [4.69, 9.17) is 9.79 Å². The van der Waals surface area contributed by atoms with Crippen LogP contribution in [0.2, 0.25) is 0 Å². The summed E-state index contributed by atoms with van der Waals surface area (Å²) in [6, 6.07) is 0. The fraction of sp³-hybridized carbons (Fsp3) is 1.00. The quantitative estimate of drug-likeness (QED) is 0.486. The highest BCUT2D eigenvalue weighted by Gasteiger charge is 2.58. The molecule has 0 aromatic heterocycles. The Hall–Kier alpha value is 0.970. The third kappa shape index (κ3) is 5.42. The summed E-state index contributed by atoms with van der Waals surface area (Å²) in [5.41, 5.74) is 0. The van der Waals surface area contributed by atoms with Crippen LogP contribution in [0.1, 0.15) is 6.92 Å². The average Bonchev–Trinajstić information content (AvgIpc) is 2.03. The van der Waals surface area contributed by atoms with E-state index in [0.29, 0.717) is 0 Å². The van der Waals surface area contributed by atoms with E-state index in [1.165, 1.54) is 13.4 Å². The molecular formula is C4H14O6P2S+2. The predicted octanol–water partition coefficient (Wildman–Crippen LogP) is 1.38. The minimum atomic E-state index is -3.96. The molecule has 9 heteroatoms. The van der Waals surface area contributed by atoms with Gasteiger partial charge < -0.3 is 0 Å². The second kappa shape index (κ2) is 5.75. The van der Waals surface area contributed by atoms with Crippen molar-refractivity contribution < 1.29 is 27.5 Å². The van der Waals surface area contributed by atoms with Gasteiger partial charge in [0.05, 0.1) is 11.4 Å². The van der Waals surface area contributed by atoms with Gasteiger partial charge >= 0.3 is 16.1 Å². The van der Waals surface area contributed by atoms with Gasteiger partial charge in [-0.2, -0.15) is 19.2 Å². The molecule has 0 aliphatic rings. The fourth-order valence-corrected chi connectivity index (χ4v) is 3.94. The molecule has 0 heterocycles. The third-order valence-corrected chi connectivity index (χ3v) is 5.70. The maximum atomic E-state index is 9.48. The Morgan fingerprint density at radius 1 is 1.31 bits per heavy atom. The molecule has 0 bridgehead atoms. The van der Waals surface area contributed by atoms with Crippen molar-refractivity contribution in [1.82, 2.24) is 0 Å². The summed E-state index contributed by atoms with van der Waals surface area (Å²) in [5, 5.41) is 0. The van der Waals surface area contributed by atoms with Crippen molar-refractivity contribution in [3.8, 4) is 0 Å². The molecule has 0 aromatic rings. The van der Waals surface area contributed by atoms with Gasteiger partial charge in [-0.25, -0.2) is 0 Å². The van der Waals surface area contributed by atoms with Crippen molar-refractivity contribution in [2.24, 2.45) is 0 Å². The Balaban J connectivity index is 4.21. The molecule has 1 unspecified atom stereocenters. The average molecular weight is 252 g/mol. The molecule has 80 valence electrons. The van der Waals surface area contributed by atoms with Crippen LogP contribution in [0.5, 0.6) is 0 Å². The molecule has 0 fully saturated rings. The van der Waals surface area contributed by atoms with Crippen LogP contribution >= 0.6 is 28.2 Å². The highest BCUT2D eigenvalue weighted by atomic mass is 32.2. The van der Waals surface area contributed by atoms with Gasteiger partial charge in [-0.15, -0.1) is 0 Å². The SMILES string of the molecule is CC[P+](O)(OC)O[P+](O)(O)OSC. The Morgan fingerprint density at radius 3 is 2.15 bits per heavy atom. The van der Waals surface area contributed by atoms with E-state index in [2.05, 4.69) is 12.8 Å². The van der Waals surface area contributed by atoms with Crippen LogP contribution in [0.15, 0.2) is 0 Å². The first-order valence-electron chi connectivity index (χ1n) is 3.34. The van der Waals surface area contributed by atoms with Gasteiger partial charge in [0.15, 0.2) is 0 Å². The van der Waals surface area contributed by atoms with Crippen LogP contribution in [0.25, 0.3) is 0 Å². The fourth-order valence-electron chi connectivity index (χ4n) is 0.497. The van der Waals surface area contributed by atoms with Crippen molar-refractivity contribution >= 4 is 28.2 Å². The standard InChI is InChI=1S/C4H14O6P2S/c1-4-11(5,8-2)9-12(6,7)10-13-3/h5-7H,4H2,1-3H3/q+2. The lowest BCUT2D eigenvalue weighted by Gasteiger charge is -2.11. The first-order chi connectivity index (χ1) is 5.89. The largest absolute Gasteiger partial charge is 0.627 e. The molecule has 0 amide bonds. The van der Waals surface area contributed by atoms with Crippen molar-refractivity contribution in [2.45, 2.75) is 6.92 Å². The molecule has 13 heavy (non-hydrogen) atoms. The van der Waals surface area contributed by atoms with Crippen LogP contribution in [-0.4, -0.2) is 34.2 Å². The Morgan fingerprint density at radius 2 is 1.85 bits per heavy atom. The molecule has 0 spiro atoms. The molecular weight excluding hydrogens is 238 g/mol.